The van der Waals surface area contributed by atoms with Gasteiger partial charge < -0.3 is 15.1 Å². The molecule has 0 spiro atoms. The molecule has 0 aliphatic carbocycles. The monoisotopic (exact) mass is 585 g/mol. The molecule has 0 bridgehead atoms. The van der Waals surface area contributed by atoms with Crippen molar-refractivity contribution in [2.24, 2.45) is 0 Å². The van der Waals surface area contributed by atoms with Crippen LogP contribution in [0.25, 0.3) is 0 Å². The molecule has 4 rings (SSSR count). The van der Waals surface area contributed by atoms with Crippen molar-refractivity contribution in [3.63, 3.8) is 0 Å². The van der Waals surface area contributed by atoms with E-state index in [0.717, 1.165) is 9.26 Å². The Morgan fingerprint density at radius 1 is 1.16 bits per heavy atom. The Bertz CT molecular complexity index is 1150. The van der Waals surface area contributed by atoms with Gasteiger partial charge in [0.15, 0.2) is 5.82 Å². The normalized spacial score (nSPS) is 16.3. The molecule has 0 saturated carbocycles. The second kappa shape index (κ2) is 9.93. The predicted molar refractivity (Wildman–Crippen MR) is 135 cm³/mol. The van der Waals surface area contributed by atoms with Crippen molar-refractivity contribution in [3.8, 4) is 0 Å². The van der Waals surface area contributed by atoms with E-state index in [0.29, 0.717) is 47.9 Å². The third-order valence-corrected chi connectivity index (χ3v) is 8.95. The van der Waals surface area contributed by atoms with Crippen molar-refractivity contribution in [1.29, 1.82) is 0 Å². The van der Waals surface area contributed by atoms with Gasteiger partial charge in [0.2, 0.25) is 0 Å². The lowest BCUT2D eigenvalue weighted by Gasteiger charge is -2.35. The van der Waals surface area contributed by atoms with Crippen LogP contribution in [0, 0.1) is 10.5 Å². The third kappa shape index (κ3) is 5.02. The summed E-state index contributed by atoms with van der Waals surface area (Å²) in [6.45, 7) is 3.72. The highest BCUT2D eigenvalue weighted by Crippen LogP contribution is 2.51. The summed E-state index contributed by atoms with van der Waals surface area (Å²) in [5.74, 6) is -0.132. The lowest BCUT2D eigenvalue weighted by atomic mass is 10.2. The summed E-state index contributed by atoms with van der Waals surface area (Å²) in [4.78, 5) is 12.8. The van der Waals surface area contributed by atoms with E-state index >= 15 is 0 Å². The second-order valence-electron chi connectivity index (χ2n) is 7.27. The zero-order valence-corrected chi connectivity index (χ0v) is 21.1. The van der Waals surface area contributed by atoms with E-state index in [1.807, 2.05) is 28.9 Å². The van der Waals surface area contributed by atoms with Crippen LogP contribution in [0.15, 0.2) is 48.5 Å². The van der Waals surface area contributed by atoms with Gasteiger partial charge >= 0.3 is 0 Å². The standard InChI is InChI=1S/C21H22ClIN5O3P/c1-14-19(20(26-25-14)24-21(29)15-2-4-16(22)5-3-15)32(30,28-10-12-31-13-11-28)27-18-8-6-17(23)7-9-18/h2-9H,10-13H2,1H3,(H,27,30)(H2,24,25,26,29)/t32-/m1/s1. The van der Waals surface area contributed by atoms with Crippen LogP contribution in [0.2, 0.25) is 5.02 Å². The van der Waals surface area contributed by atoms with Crippen LogP contribution >= 0.6 is 41.6 Å². The topological polar surface area (TPSA) is 99.3 Å². The van der Waals surface area contributed by atoms with Crippen molar-refractivity contribution in [1.82, 2.24) is 14.9 Å². The smallest absolute Gasteiger partial charge is 0.272 e. The summed E-state index contributed by atoms with van der Waals surface area (Å²) in [5, 5.41) is 14.2. The van der Waals surface area contributed by atoms with E-state index in [1.54, 1.807) is 31.2 Å². The predicted octanol–water partition coefficient (Wildman–Crippen LogP) is 4.49. The van der Waals surface area contributed by atoms with Crippen LogP contribution in [-0.2, 0) is 9.30 Å². The van der Waals surface area contributed by atoms with Gasteiger partial charge in [-0.05, 0) is 78.0 Å². The number of rotatable bonds is 6. The van der Waals surface area contributed by atoms with Crippen LogP contribution in [0.5, 0.6) is 0 Å². The SMILES string of the molecule is Cc1[nH]nc(NC(=O)c2ccc(Cl)cc2)c1[P@@](=O)(Nc1ccc(I)cc1)N1CCOCC1. The first-order valence-electron chi connectivity index (χ1n) is 9.96. The Morgan fingerprint density at radius 2 is 1.81 bits per heavy atom. The largest absolute Gasteiger partial charge is 0.379 e. The quantitative estimate of drug-likeness (QED) is 0.291. The molecule has 0 radical (unpaired) electrons. The molecule has 1 fully saturated rings. The van der Waals surface area contributed by atoms with Crippen molar-refractivity contribution in [2.45, 2.75) is 6.92 Å². The summed E-state index contributed by atoms with van der Waals surface area (Å²) in [6.07, 6.45) is 0. The van der Waals surface area contributed by atoms with Gasteiger partial charge in [-0.2, -0.15) is 5.10 Å². The number of hydrogen-bond donors (Lipinski definition) is 3. The average Bonchev–Trinajstić information content (AvgIpc) is 3.16. The van der Waals surface area contributed by atoms with Gasteiger partial charge in [0, 0.05) is 38.6 Å². The fourth-order valence-electron chi connectivity index (χ4n) is 3.47. The molecule has 32 heavy (non-hydrogen) atoms. The van der Waals surface area contributed by atoms with Gasteiger partial charge in [0.25, 0.3) is 13.4 Å². The molecule has 11 heteroatoms. The Balaban J connectivity index is 1.71. The molecule has 1 aliphatic heterocycles. The summed E-state index contributed by atoms with van der Waals surface area (Å²) in [6, 6.07) is 14.2. The number of amides is 1. The van der Waals surface area contributed by atoms with Crippen LogP contribution in [0.1, 0.15) is 16.1 Å². The maximum absolute atomic E-state index is 14.6. The molecule has 1 aromatic heterocycles. The number of nitrogens with zero attached hydrogens (tertiary/aromatic N) is 2. The molecule has 1 amide bonds. The van der Waals surface area contributed by atoms with E-state index in [1.165, 1.54) is 0 Å². The first kappa shape index (κ1) is 23.3. The maximum Gasteiger partial charge on any atom is 0.272 e. The van der Waals surface area contributed by atoms with E-state index in [2.05, 4.69) is 43.2 Å². The molecule has 1 saturated heterocycles. The van der Waals surface area contributed by atoms with E-state index in [4.69, 9.17) is 16.3 Å². The lowest BCUT2D eigenvalue weighted by molar-refractivity contribution is 0.0729. The van der Waals surface area contributed by atoms with Gasteiger partial charge in [-0.3, -0.25) is 14.5 Å². The highest BCUT2D eigenvalue weighted by Gasteiger charge is 2.39. The number of carbonyl (C=O) groups is 1. The maximum atomic E-state index is 14.6. The van der Waals surface area contributed by atoms with Crippen molar-refractivity contribution in [2.75, 3.05) is 36.7 Å². The number of aryl methyl sites for hydroxylation is 1. The Morgan fingerprint density at radius 3 is 2.47 bits per heavy atom. The number of halogens is 2. The fraction of sp³-hybridized carbons (Fsp3) is 0.238. The van der Waals surface area contributed by atoms with Gasteiger partial charge in [-0.25, -0.2) is 4.67 Å². The minimum Gasteiger partial charge on any atom is -0.379 e. The van der Waals surface area contributed by atoms with Gasteiger partial charge in [0.1, 0.15) is 5.30 Å². The Kier molecular flexibility index (Phi) is 7.21. The average molecular weight is 586 g/mol. The Labute approximate surface area is 204 Å². The van der Waals surface area contributed by atoms with Crippen LogP contribution in [0.3, 0.4) is 0 Å². The van der Waals surface area contributed by atoms with Gasteiger partial charge in [-0.15, -0.1) is 0 Å². The van der Waals surface area contributed by atoms with E-state index in [9.17, 15) is 9.36 Å². The number of anilines is 2. The van der Waals surface area contributed by atoms with E-state index in [-0.39, 0.29) is 11.7 Å². The number of carbonyl (C=O) groups excluding carboxylic acids is 1. The number of nitrogens with one attached hydrogen (secondary N) is 3. The van der Waals surface area contributed by atoms with Crippen LogP contribution in [0.4, 0.5) is 11.5 Å². The number of benzene rings is 2. The molecule has 3 N–H and O–H groups in total. The number of morpholine rings is 1. The zero-order valence-electron chi connectivity index (χ0n) is 17.3. The van der Waals surface area contributed by atoms with Crippen LogP contribution < -0.4 is 15.7 Å². The molecule has 1 aliphatic rings. The molecular formula is C21H22ClIN5O3P. The Hall–Kier alpha value is -1.91. The minimum absolute atomic E-state index is 0.232. The fourth-order valence-corrected chi connectivity index (χ4v) is 6.61. The molecule has 2 aromatic carbocycles. The third-order valence-electron chi connectivity index (χ3n) is 5.07. The molecule has 3 aromatic rings. The van der Waals surface area contributed by atoms with Crippen molar-refractivity contribution >= 4 is 64.4 Å². The lowest BCUT2D eigenvalue weighted by Crippen LogP contribution is -2.39. The van der Waals surface area contributed by atoms with Crippen LogP contribution in [-0.4, -0.2) is 47.1 Å². The first-order valence-corrected chi connectivity index (χ1v) is 13.1. The summed E-state index contributed by atoms with van der Waals surface area (Å²) in [5.41, 5.74) is 1.76. The number of aromatic nitrogens is 2. The van der Waals surface area contributed by atoms with Gasteiger partial charge in [0.05, 0.1) is 13.2 Å². The first-order chi connectivity index (χ1) is 15.4. The summed E-state index contributed by atoms with van der Waals surface area (Å²) in [7, 11) is -3.40. The van der Waals surface area contributed by atoms with E-state index < -0.39 is 7.44 Å². The summed E-state index contributed by atoms with van der Waals surface area (Å²) < 4.78 is 23.0. The number of H-pyrrole nitrogens is 1. The molecule has 0 unspecified atom stereocenters. The van der Waals surface area contributed by atoms with Crippen molar-refractivity contribution in [3.05, 3.63) is 68.4 Å². The summed E-state index contributed by atoms with van der Waals surface area (Å²) >= 11 is 8.15. The molecule has 2 heterocycles. The molecule has 1 atom stereocenters. The molecular weight excluding hydrogens is 564 g/mol. The zero-order chi connectivity index (χ0) is 22.7. The number of ether oxygens (including phenoxy) is 1. The molecule has 8 nitrogen and oxygen atoms in total. The highest BCUT2D eigenvalue weighted by atomic mass is 127. The number of hydrogen-bond acceptors (Lipinski definition) is 4. The minimum atomic E-state index is -3.40. The molecule has 168 valence electrons. The van der Waals surface area contributed by atoms with Crippen molar-refractivity contribution < 1.29 is 14.1 Å². The van der Waals surface area contributed by atoms with Gasteiger partial charge in [-0.1, -0.05) is 11.6 Å². The highest BCUT2D eigenvalue weighted by molar-refractivity contribution is 14.1. The number of aromatic amines is 1. The second-order valence-corrected chi connectivity index (χ2v) is 11.3.